The third-order valence-corrected chi connectivity index (χ3v) is 5.27. The van der Waals surface area contributed by atoms with Gasteiger partial charge in [0.05, 0.1) is 22.4 Å². The molecule has 0 atom stereocenters. The number of nitrogens with one attached hydrogen (secondary N) is 1. The first-order valence-electron chi connectivity index (χ1n) is 8.53. The van der Waals surface area contributed by atoms with Gasteiger partial charge in [0.15, 0.2) is 0 Å². The molecule has 0 saturated carbocycles. The van der Waals surface area contributed by atoms with Crippen molar-refractivity contribution in [1.29, 1.82) is 0 Å². The molecule has 0 saturated heterocycles. The predicted octanol–water partition coefficient (Wildman–Crippen LogP) is 4.66. The zero-order chi connectivity index (χ0) is 19.0. The number of rotatable bonds is 3. The first-order chi connectivity index (χ1) is 13.0. The minimum absolute atomic E-state index is 0.194. The molecule has 2 heterocycles. The highest BCUT2D eigenvalue weighted by molar-refractivity contribution is 14.1. The minimum Gasteiger partial charge on any atom is -0.319 e. The Labute approximate surface area is 169 Å². The van der Waals surface area contributed by atoms with E-state index in [0.717, 1.165) is 37.3 Å². The van der Waals surface area contributed by atoms with Crippen molar-refractivity contribution in [2.45, 2.75) is 13.8 Å². The molecule has 1 N–H and O–H groups in total. The summed E-state index contributed by atoms with van der Waals surface area (Å²) in [6.45, 7) is 4.00. The summed E-state index contributed by atoms with van der Waals surface area (Å²) < 4.78 is 2.70. The molecule has 4 rings (SSSR count). The number of nitrogens with zero attached hydrogens (tertiary/aromatic N) is 3. The maximum absolute atomic E-state index is 12.5. The average Bonchev–Trinajstić information content (AvgIpc) is 2.96. The molecule has 0 aliphatic carbocycles. The zero-order valence-corrected chi connectivity index (χ0v) is 17.1. The molecule has 6 heteroatoms. The molecule has 0 amide bonds. The van der Waals surface area contributed by atoms with Gasteiger partial charge in [0, 0.05) is 14.8 Å². The normalized spacial score (nSPS) is 11.9. The highest BCUT2D eigenvalue weighted by Gasteiger charge is 2.14. The van der Waals surface area contributed by atoms with Gasteiger partial charge >= 0.3 is 0 Å². The third-order valence-electron chi connectivity index (χ3n) is 4.44. The summed E-state index contributed by atoms with van der Waals surface area (Å²) in [6, 6.07) is 17.5. The van der Waals surface area contributed by atoms with Gasteiger partial charge < -0.3 is 4.98 Å². The van der Waals surface area contributed by atoms with Crippen LogP contribution in [0.3, 0.4) is 0 Å². The highest BCUT2D eigenvalue weighted by Crippen LogP contribution is 2.26. The number of H-pyrrole nitrogens is 1. The summed E-state index contributed by atoms with van der Waals surface area (Å²) in [5, 5.41) is 4.66. The molecule has 4 aromatic rings. The summed E-state index contributed by atoms with van der Waals surface area (Å²) >= 11 is 2.17. The fraction of sp³-hybridized carbons (Fsp3) is 0.0952. The van der Waals surface area contributed by atoms with Gasteiger partial charge in [-0.15, -0.1) is 0 Å². The van der Waals surface area contributed by atoms with E-state index in [1.54, 1.807) is 0 Å². The van der Waals surface area contributed by atoms with Crippen LogP contribution in [0.1, 0.15) is 22.6 Å². The Morgan fingerprint density at radius 2 is 1.78 bits per heavy atom. The van der Waals surface area contributed by atoms with Gasteiger partial charge in [0.2, 0.25) is 0 Å². The third kappa shape index (κ3) is 3.32. The maximum atomic E-state index is 12.5. The van der Waals surface area contributed by atoms with Crippen LogP contribution in [-0.4, -0.2) is 19.7 Å². The summed E-state index contributed by atoms with van der Waals surface area (Å²) in [7, 11) is 0. The lowest BCUT2D eigenvalue weighted by Gasteiger charge is -2.04. The van der Waals surface area contributed by atoms with E-state index in [1.165, 1.54) is 0 Å². The summed E-state index contributed by atoms with van der Waals surface area (Å²) in [4.78, 5) is 19.9. The lowest BCUT2D eigenvalue weighted by atomic mass is 10.1. The van der Waals surface area contributed by atoms with Crippen LogP contribution in [0.15, 0.2) is 59.4 Å². The molecule has 0 unspecified atom stereocenters. The Balaban J connectivity index is 1.82. The lowest BCUT2D eigenvalue weighted by molar-refractivity contribution is 0.833. The predicted molar refractivity (Wildman–Crippen MR) is 117 cm³/mol. The molecule has 0 radical (unpaired) electrons. The quantitative estimate of drug-likeness (QED) is 0.445. The van der Waals surface area contributed by atoms with E-state index in [4.69, 9.17) is 0 Å². The lowest BCUT2D eigenvalue weighted by Crippen LogP contribution is -2.13. The number of aromatic amines is 1. The van der Waals surface area contributed by atoms with Gasteiger partial charge in [-0.1, -0.05) is 30.3 Å². The van der Waals surface area contributed by atoms with E-state index in [9.17, 15) is 4.79 Å². The van der Waals surface area contributed by atoms with Gasteiger partial charge in [-0.3, -0.25) is 4.79 Å². The number of benzene rings is 2. The van der Waals surface area contributed by atoms with Crippen molar-refractivity contribution in [1.82, 2.24) is 19.7 Å². The molecule has 27 heavy (non-hydrogen) atoms. The van der Waals surface area contributed by atoms with E-state index in [-0.39, 0.29) is 5.56 Å². The van der Waals surface area contributed by atoms with E-state index < -0.39 is 0 Å². The summed E-state index contributed by atoms with van der Waals surface area (Å²) in [6.07, 6.45) is 1.98. The number of para-hydroxylation sites is 3. The van der Waals surface area contributed by atoms with E-state index in [0.29, 0.717) is 5.69 Å². The van der Waals surface area contributed by atoms with Crippen LogP contribution in [0.4, 0.5) is 0 Å². The number of fused-ring (bicyclic) bond motifs is 1. The van der Waals surface area contributed by atoms with Crippen molar-refractivity contribution in [3.05, 3.63) is 87.6 Å². The van der Waals surface area contributed by atoms with Crippen LogP contribution in [0, 0.1) is 13.8 Å². The van der Waals surface area contributed by atoms with Gasteiger partial charge in [-0.05, 0) is 66.8 Å². The van der Waals surface area contributed by atoms with Crippen molar-refractivity contribution in [3.63, 3.8) is 0 Å². The summed E-state index contributed by atoms with van der Waals surface area (Å²) in [5.41, 5.74) is 5.66. The standard InChI is InChI=1S/C21H17IN4O/c1-13-16(14(2)26(25-13)15-8-4-3-5-9-15)12-17(22)20-21(27)24-19-11-7-6-10-18(19)23-20/h3-12H,1-2H3,(H,24,27)/b17-12-. The van der Waals surface area contributed by atoms with Crippen LogP contribution >= 0.6 is 22.6 Å². The first kappa shape index (κ1) is 17.7. The fourth-order valence-corrected chi connectivity index (χ4v) is 3.75. The molecular weight excluding hydrogens is 451 g/mol. The van der Waals surface area contributed by atoms with Crippen LogP contribution in [0.25, 0.3) is 26.4 Å². The Morgan fingerprint density at radius 3 is 2.56 bits per heavy atom. The SMILES string of the molecule is Cc1nn(-c2ccccc2)c(C)c1/C=C(\I)c1nc2ccccc2[nH]c1=O. The Bertz CT molecular complexity index is 1220. The monoisotopic (exact) mass is 468 g/mol. The van der Waals surface area contributed by atoms with Gasteiger partial charge in [-0.25, -0.2) is 9.67 Å². The zero-order valence-electron chi connectivity index (χ0n) is 14.9. The second kappa shape index (κ2) is 7.11. The van der Waals surface area contributed by atoms with Gasteiger partial charge in [0.25, 0.3) is 5.56 Å². The van der Waals surface area contributed by atoms with E-state index in [2.05, 4.69) is 37.7 Å². The number of hydrogen-bond acceptors (Lipinski definition) is 3. The van der Waals surface area contributed by atoms with E-state index >= 15 is 0 Å². The Hall–Kier alpha value is -2.74. The van der Waals surface area contributed by atoms with Crippen molar-refractivity contribution in [2.24, 2.45) is 0 Å². The van der Waals surface area contributed by atoms with Crippen molar-refractivity contribution < 1.29 is 0 Å². The second-order valence-electron chi connectivity index (χ2n) is 6.26. The molecule has 134 valence electrons. The highest BCUT2D eigenvalue weighted by atomic mass is 127. The van der Waals surface area contributed by atoms with Crippen LogP contribution in [0.5, 0.6) is 0 Å². The molecule has 0 aliphatic heterocycles. The molecule has 2 aromatic carbocycles. The van der Waals surface area contributed by atoms with Gasteiger partial charge in [-0.2, -0.15) is 5.10 Å². The second-order valence-corrected chi connectivity index (χ2v) is 7.42. The molecule has 5 nitrogen and oxygen atoms in total. The average molecular weight is 468 g/mol. The van der Waals surface area contributed by atoms with Crippen LogP contribution in [0.2, 0.25) is 0 Å². The maximum Gasteiger partial charge on any atom is 0.275 e. The largest absolute Gasteiger partial charge is 0.319 e. The minimum atomic E-state index is -0.194. The van der Waals surface area contributed by atoms with Crippen molar-refractivity contribution in [2.75, 3.05) is 0 Å². The number of halogens is 1. The molecule has 2 aromatic heterocycles. The number of aromatic nitrogens is 4. The summed E-state index contributed by atoms with van der Waals surface area (Å²) in [5.74, 6) is 0. The van der Waals surface area contributed by atoms with Crippen molar-refractivity contribution in [3.8, 4) is 5.69 Å². The molecule has 0 bridgehead atoms. The molecular formula is C21H17IN4O. The topological polar surface area (TPSA) is 63.6 Å². The molecule has 0 spiro atoms. The Morgan fingerprint density at radius 1 is 1.07 bits per heavy atom. The van der Waals surface area contributed by atoms with Crippen molar-refractivity contribution >= 4 is 43.3 Å². The van der Waals surface area contributed by atoms with Gasteiger partial charge in [0.1, 0.15) is 5.69 Å². The Kier molecular flexibility index (Phi) is 4.65. The first-order valence-corrected chi connectivity index (χ1v) is 9.61. The fourth-order valence-electron chi connectivity index (χ4n) is 3.07. The molecule has 0 fully saturated rings. The van der Waals surface area contributed by atoms with Crippen LogP contribution < -0.4 is 5.56 Å². The smallest absolute Gasteiger partial charge is 0.275 e. The number of hydrogen-bond donors (Lipinski definition) is 1. The van der Waals surface area contributed by atoms with E-state index in [1.807, 2.05) is 79.2 Å². The number of aryl methyl sites for hydroxylation is 1. The molecule has 0 aliphatic rings. The van der Waals surface area contributed by atoms with Crippen LogP contribution in [-0.2, 0) is 0 Å².